The summed E-state index contributed by atoms with van der Waals surface area (Å²) in [5, 5.41) is 10.2. The zero-order valence-electron chi connectivity index (χ0n) is 14.4. The summed E-state index contributed by atoms with van der Waals surface area (Å²) in [5.74, 6) is 1.84. The van der Waals surface area contributed by atoms with Gasteiger partial charge in [-0.05, 0) is 25.1 Å². The van der Waals surface area contributed by atoms with Crippen LogP contribution in [0.4, 0.5) is 5.82 Å². The molecule has 2 heterocycles. The second kappa shape index (κ2) is 8.61. The van der Waals surface area contributed by atoms with Gasteiger partial charge >= 0.3 is 0 Å². The van der Waals surface area contributed by atoms with Crippen LogP contribution in [0.5, 0.6) is 5.75 Å². The van der Waals surface area contributed by atoms with Gasteiger partial charge in [-0.15, -0.1) is 0 Å². The number of rotatable bonds is 8. The average molecular weight is 352 g/mol. The molecule has 8 nitrogen and oxygen atoms in total. The number of carbonyl (C=O) groups is 1. The molecule has 0 atom stereocenters. The van der Waals surface area contributed by atoms with Crippen LogP contribution in [-0.2, 0) is 4.79 Å². The maximum atomic E-state index is 11.8. The van der Waals surface area contributed by atoms with E-state index in [2.05, 4.69) is 25.7 Å². The Labute approximate surface area is 151 Å². The van der Waals surface area contributed by atoms with Crippen molar-refractivity contribution in [2.45, 2.75) is 6.92 Å². The molecule has 0 unspecified atom stereocenters. The Balaban J connectivity index is 1.40. The molecular formula is C18H20N6O2. The van der Waals surface area contributed by atoms with E-state index in [0.29, 0.717) is 30.5 Å². The van der Waals surface area contributed by atoms with Gasteiger partial charge in [0.25, 0.3) is 5.91 Å². The molecule has 0 radical (unpaired) electrons. The van der Waals surface area contributed by atoms with Gasteiger partial charge in [0, 0.05) is 25.4 Å². The summed E-state index contributed by atoms with van der Waals surface area (Å²) in [6.07, 6.45) is 3.31. The number of nitrogens with one attached hydrogen (secondary N) is 2. The number of aromatic nitrogens is 4. The minimum Gasteiger partial charge on any atom is -0.484 e. The molecule has 26 heavy (non-hydrogen) atoms. The van der Waals surface area contributed by atoms with E-state index in [1.54, 1.807) is 10.7 Å². The molecule has 3 aromatic rings. The summed E-state index contributed by atoms with van der Waals surface area (Å²) in [5.41, 5.74) is 0.915. The van der Waals surface area contributed by atoms with E-state index in [1.165, 1.54) is 6.33 Å². The van der Waals surface area contributed by atoms with Crippen LogP contribution >= 0.6 is 0 Å². The molecule has 0 aliphatic heterocycles. The van der Waals surface area contributed by atoms with Gasteiger partial charge in [0.05, 0.1) is 5.69 Å². The molecule has 0 spiro atoms. The lowest BCUT2D eigenvalue weighted by Gasteiger charge is -2.09. The first-order chi connectivity index (χ1) is 12.7. The Kier molecular flexibility index (Phi) is 5.76. The molecule has 0 aliphatic carbocycles. The minimum absolute atomic E-state index is 0.0136. The van der Waals surface area contributed by atoms with Crippen LogP contribution in [0.15, 0.2) is 55.0 Å². The highest BCUT2D eigenvalue weighted by Crippen LogP contribution is 2.09. The van der Waals surface area contributed by atoms with Crippen molar-refractivity contribution in [2.75, 3.05) is 25.0 Å². The molecule has 0 aliphatic rings. The number of aryl methyl sites for hydroxylation is 1. The average Bonchev–Trinajstić information content (AvgIpc) is 3.11. The number of amides is 1. The first-order valence-corrected chi connectivity index (χ1v) is 8.24. The van der Waals surface area contributed by atoms with Crippen LogP contribution < -0.4 is 15.4 Å². The summed E-state index contributed by atoms with van der Waals surface area (Å²) in [6.45, 7) is 2.89. The summed E-state index contributed by atoms with van der Waals surface area (Å²) < 4.78 is 7.07. The Morgan fingerprint density at radius 1 is 1.15 bits per heavy atom. The molecule has 0 fully saturated rings. The van der Waals surface area contributed by atoms with Crippen LogP contribution in [0.25, 0.3) is 5.82 Å². The number of hydrogen-bond acceptors (Lipinski definition) is 6. The first kappa shape index (κ1) is 17.4. The fourth-order valence-corrected chi connectivity index (χ4v) is 2.22. The van der Waals surface area contributed by atoms with Crippen molar-refractivity contribution in [3.8, 4) is 11.6 Å². The van der Waals surface area contributed by atoms with Gasteiger partial charge in [-0.2, -0.15) is 5.10 Å². The molecule has 0 saturated heterocycles. The number of ether oxygens (including phenoxy) is 1. The Morgan fingerprint density at radius 3 is 2.77 bits per heavy atom. The van der Waals surface area contributed by atoms with Crippen LogP contribution in [0.1, 0.15) is 5.69 Å². The van der Waals surface area contributed by atoms with Gasteiger partial charge in [-0.25, -0.2) is 14.6 Å². The molecule has 2 aromatic heterocycles. The highest BCUT2D eigenvalue weighted by Gasteiger charge is 2.04. The van der Waals surface area contributed by atoms with E-state index in [9.17, 15) is 4.79 Å². The smallest absolute Gasteiger partial charge is 0.258 e. The van der Waals surface area contributed by atoms with Crippen LogP contribution in [-0.4, -0.2) is 45.4 Å². The number of para-hydroxylation sites is 1. The quantitative estimate of drug-likeness (QED) is 0.598. The van der Waals surface area contributed by atoms with E-state index in [-0.39, 0.29) is 12.5 Å². The predicted molar refractivity (Wildman–Crippen MR) is 97.3 cm³/mol. The van der Waals surface area contributed by atoms with Crippen molar-refractivity contribution in [1.82, 2.24) is 25.1 Å². The molecule has 2 N–H and O–H groups in total. The van der Waals surface area contributed by atoms with Gasteiger partial charge in [0.2, 0.25) is 0 Å². The standard InChI is InChI=1S/C18H20N6O2/c1-14-7-10-24(23-14)17-11-16(21-13-22-17)19-8-9-20-18(25)12-26-15-5-3-2-4-6-15/h2-7,10-11,13H,8-9,12H2,1H3,(H,20,25)(H,19,21,22). The molecule has 0 bridgehead atoms. The number of anilines is 1. The zero-order valence-corrected chi connectivity index (χ0v) is 14.4. The van der Waals surface area contributed by atoms with E-state index >= 15 is 0 Å². The van der Waals surface area contributed by atoms with Crippen molar-refractivity contribution >= 4 is 11.7 Å². The molecule has 3 rings (SSSR count). The molecule has 134 valence electrons. The Bertz CT molecular complexity index is 850. The van der Waals surface area contributed by atoms with E-state index < -0.39 is 0 Å². The number of benzene rings is 1. The monoisotopic (exact) mass is 352 g/mol. The van der Waals surface area contributed by atoms with Crippen LogP contribution in [0.3, 0.4) is 0 Å². The zero-order chi connectivity index (χ0) is 18.2. The Hall–Kier alpha value is -3.42. The first-order valence-electron chi connectivity index (χ1n) is 8.24. The largest absolute Gasteiger partial charge is 0.484 e. The third kappa shape index (κ3) is 5.04. The van der Waals surface area contributed by atoms with Crippen molar-refractivity contribution in [3.63, 3.8) is 0 Å². The third-order valence-corrected chi connectivity index (χ3v) is 3.48. The summed E-state index contributed by atoms with van der Waals surface area (Å²) in [7, 11) is 0. The number of hydrogen-bond donors (Lipinski definition) is 2. The number of nitrogens with zero attached hydrogens (tertiary/aromatic N) is 4. The van der Waals surface area contributed by atoms with E-state index in [0.717, 1.165) is 5.69 Å². The molecule has 1 aromatic carbocycles. The third-order valence-electron chi connectivity index (χ3n) is 3.48. The van der Waals surface area contributed by atoms with E-state index in [1.807, 2.05) is 49.5 Å². The predicted octanol–water partition coefficient (Wildman–Crippen LogP) is 1.58. The molecule has 8 heteroatoms. The lowest BCUT2D eigenvalue weighted by molar-refractivity contribution is -0.123. The molecule has 0 saturated carbocycles. The lowest BCUT2D eigenvalue weighted by Crippen LogP contribution is -2.32. The van der Waals surface area contributed by atoms with Gasteiger partial charge in [-0.1, -0.05) is 18.2 Å². The fraction of sp³-hybridized carbons (Fsp3) is 0.222. The van der Waals surface area contributed by atoms with Crippen molar-refractivity contribution in [2.24, 2.45) is 0 Å². The molecule has 1 amide bonds. The Morgan fingerprint density at radius 2 is 2.00 bits per heavy atom. The van der Waals surface area contributed by atoms with Crippen molar-refractivity contribution in [3.05, 3.63) is 60.7 Å². The van der Waals surface area contributed by atoms with Gasteiger partial charge in [0.15, 0.2) is 12.4 Å². The second-order valence-corrected chi connectivity index (χ2v) is 5.54. The second-order valence-electron chi connectivity index (χ2n) is 5.54. The number of carbonyl (C=O) groups excluding carboxylic acids is 1. The van der Waals surface area contributed by atoms with Crippen molar-refractivity contribution in [1.29, 1.82) is 0 Å². The van der Waals surface area contributed by atoms with E-state index in [4.69, 9.17) is 4.74 Å². The summed E-state index contributed by atoms with van der Waals surface area (Å²) >= 11 is 0. The molecular weight excluding hydrogens is 332 g/mol. The van der Waals surface area contributed by atoms with Crippen LogP contribution in [0, 0.1) is 6.92 Å². The highest BCUT2D eigenvalue weighted by molar-refractivity contribution is 5.77. The SMILES string of the molecule is Cc1ccn(-c2cc(NCCNC(=O)COc3ccccc3)ncn2)n1. The minimum atomic E-state index is -0.175. The maximum Gasteiger partial charge on any atom is 0.258 e. The van der Waals surface area contributed by atoms with Gasteiger partial charge < -0.3 is 15.4 Å². The normalized spacial score (nSPS) is 10.3. The van der Waals surface area contributed by atoms with Crippen molar-refractivity contribution < 1.29 is 9.53 Å². The maximum absolute atomic E-state index is 11.8. The van der Waals surface area contributed by atoms with Gasteiger partial charge in [0.1, 0.15) is 17.9 Å². The topological polar surface area (TPSA) is 94.0 Å². The lowest BCUT2D eigenvalue weighted by atomic mass is 10.3. The summed E-state index contributed by atoms with van der Waals surface area (Å²) in [4.78, 5) is 20.1. The summed E-state index contributed by atoms with van der Waals surface area (Å²) in [6, 6.07) is 12.9. The fourth-order valence-electron chi connectivity index (χ4n) is 2.22. The van der Waals surface area contributed by atoms with Gasteiger partial charge in [-0.3, -0.25) is 4.79 Å². The van der Waals surface area contributed by atoms with Crippen LogP contribution in [0.2, 0.25) is 0 Å². The highest BCUT2D eigenvalue weighted by atomic mass is 16.5.